The number of hydrogen-bond donors (Lipinski definition) is 5. The minimum Gasteiger partial charge on any atom is -0.508 e. The Labute approximate surface area is 207 Å². The first-order valence-corrected chi connectivity index (χ1v) is 11.7. The average Bonchev–Trinajstić information content (AvgIpc) is 3.20. The fourth-order valence-corrected chi connectivity index (χ4v) is 5.00. The fourth-order valence-electron chi connectivity index (χ4n) is 5.00. The van der Waals surface area contributed by atoms with Gasteiger partial charge < -0.3 is 44.5 Å². The second-order valence-corrected chi connectivity index (χ2v) is 9.25. The second kappa shape index (κ2) is 11.1. The van der Waals surface area contributed by atoms with E-state index in [4.69, 9.17) is 18.9 Å². The number of phenols is 1. The molecule has 1 aliphatic carbocycles. The zero-order valence-electron chi connectivity index (χ0n) is 19.5. The average molecular weight is 507 g/mol. The van der Waals surface area contributed by atoms with E-state index in [1.54, 1.807) is 18.2 Å². The zero-order valence-corrected chi connectivity index (χ0v) is 19.5. The van der Waals surface area contributed by atoms with Gasteiger partial charge in [-0.1, -0.05) is 19.1 Å². The van der Waals surface area contributed by atoms with Crippen LogP contribution >= 0.6 is 0 Å². The topological polar surface area (TPSA) is 172 Å². The quantitative estimate of drug-likeness (QED) is 0.189. The SMILES string of the molecule is C[C@@H]1[C@H]2[C@H](O[C@@H]3O[C@H](CO)[C@@H](O)[C@H](O)[C@H]3O)OC=C(C=O)[C@H]2C[C@@H]1OC(=O)C=Cc1ccc(O)cc1. The second-order valence-electron chi connectivity index (χ2n) is 9.25. The van der Waals surface area contributed by atoms with Crippen LogP contribution in [0.25, 0.3) is 6.08 Å². The number of aliphatic hydroxyl groups is 4. The summed E-state index contributed by atoms with van der Waals surface area (Å²) >= 11 is 0. The molecule has 2 aliphatic heterocycles. The maximum atomic E-state index is 12.5. The lowest BCUT2D eigenvalue weighted by molar-refractivity contribution is -0.342. The number of fused-ring (bicyclic) bond motifs is 1. The lowest BCUT2D eigenvalue weighted by atomic mass is 9.84. The number of aromatic hydroxyl groups is 1. The van der Waals surface area contributed by atoms with Crippen LogP contribution in [0, 0.1) is 17.8 Å². The Kier molecular flexibility index (Phi) is 8.08. The highest BCUT2D eigenvalue weighted by Crippen LogP contribution is 2.48. The molecule has 10 atom stereocenters. The number of ether oxygens (including phenoxy) is 4. The van der Waals surface area contributed by atoms with Crippen molar-refractivity contribution >= 4 is 18.3 Å². The van der Waals surface area contributed by atoms with Crippen molar-refractivity contribution in [1.82, 2.24) is 0 Å². The van der Waals surface area contributed by atoms with E-state index in [1.807, 2.05) is 6.92 Å². The van der Waals surface area contributed by atoms with Gasteiger partial charge in [0.15, 0.2) is 6.29 Å². The molecule has 11 nitrogen and oxygen atoms in total. The van der Waals surface area contributed by atoms with Gasteiger partial charge in [0.05, 0.1) is 12.9 Å². The van der Waals surface area contributed by atoms with E-state index >= 15 is 0 Å². The summed E-state index contributed by atoms with van der Waals surface area (Å²) in [4.78, 5) is 24.1. The summed E-state index contributed by atoms with van der Waals surface area (Å²) < 4.78 is 22.5. The van der Waals surface area contributed by atoms with E-state index in [9.17, 15) is 35.1 Å². The summed E-state index contributed by atoms with van der Waals surface area (Å²) in [6, 6.07) is 6.28. The Balaban J connectivity index is 1.45. The van der Waals surface area contributed by atoms with E-state index in [2.05, 4.69) is 0 Å². The van der Waals surface area contributed by atoms with Crippen LogP contribution in [0.5, 0.6) is 5.75 Å². The smallest absolute Gasteiger partial charge is 0.331 e. The predicted molar refractivity (Wildman–Crippen MR) is 122 cm³/mol. The minimum atomic E-state index is -1.61. The molecule has 0 spiro atoms. The van der Waals surface area contributed by atoms with Crippen LogP contribution in [0.4, 0.5) is 0 Å². The molecule has 2 heterocycles. The minimum absolute atomic E-state index is 0.110. The van der Waals surface area contributed by atoms with Crippen molar-refractivity contribution in [2.24, 2.45) is 17.8 Å². The van der Waals surface area contributed by atoms with Crippen molar-refractivity contribution in [2.75, 3.05) is 6.61 Å². The number of aldehydes is 1. The maximum Gasteiger partial charge on any atom is 0.331 e. The Hall–Kier alpha value is -2.80. The molecule has 0 aromatic heterocycles. The first kappa shape index (κ1) is 26.3. The van der Waals surface area contributed by atoms with Gasteiger partial charge in [-0.3, -0.25) is 4.79 Å². The number of carbonyl (C=O) groups excluding carboxylic acids is 2. The molecule has 0 unspecified atom stereocenters. The highest BCUT2D eigenvalue weighted by molar-refractivity contribution is 5.87. The van der Waals surface area contributed by atoms with Gasteiger partial charge in [0.25, 0.3) is 0 Å². The molecule has 0 bridgehead atoms. The lowest BCUT2D eigenvalue weighted by Crippen LogP contribution is -2.60. The van der Waals surface area contributed by atoms with Crippen molar-refractivity contribution in [3.8, 4) is 5.75 Å². The van der Waals surface area contributed by atoms with Crippen LogP contribution in [0.1, 0.15) is 18.9 Å². The van der Waals surface area contributed by atoms with Gasteiger partial charge in [-0.15, -0.1) is 0 Å². The largest absolute Gasteiger partial charge is 0.508 e. The van der Waals surface area contributed by atoms with E-state index in [0.717, 1.165) is 0 Å². The van der Waals surface area contributed by atoms with Crippen LogP contribution in [-0.4, -0.2) is 87.5 Å². The van der Waals surface area contributed by atoms with Crippen LogP contribution in [-0.2, 0) is 28.5 Å². The molecular formula is C25H30O11. The molecule has 3 aliphatic rings. The molecule has 1 saturated carbocycles. The highest BCUT2D eigenvalue weighted by atomic mass is 16.8. The summed E-state index contributed by atoms with van der Waals surface area (Å²) in [5.74, 6) is -1.61. The van der Waals surface area contributed by atoms with Crippen molar-refractivity contribution in [2.45, 2.75) is 56.4 Å². The summed E-state index contributed by atoms with van der Waals surface area (Å²) in [6.07, 6.45) is -3.82. The number of rotatable bonds is 7. The van der Waals surface area contributed by atoms with Crippen LogP contribution in [0.15, 0.2) is 42.2 Å². The number of esters is 1. The Morgan fingerprint density at radius 3 is 2.50 bits per heavy atom. The van der Waals surface area contributed by atoms with Crippen molar-refractivity contribution < 1.29 is 54.1 Å². The summed E-state index contributed by atoms with van der Waals surface area (Å²) in [5, 5.41) is 49.2. The molecule has 2 fully saturated rings. The highest BCUT2D eigenvalue weighted by Gasteiger charge is 2.53. The van der Waals surface area contributed by atoms with Crippen molar-refractivity contribution in [3.05, 3.63) is 47.7 Å². The van der Waals surface area contributed by atoms with E-state index in [-0.39, 0.29) is 17.6 Å². The van der Waals surface area contributed by atoms with Gasteiger partial charge >= 0.3 is 5.97 Å². The molecule has 0 amide bonds. The Morgan fingerprint density at radius 1 is 1.11 bits per heavy atom. The molecule has 5 N–H and O–H groups in total. The standard InChI is InChI=1S/C25H30O11/c1-12-17(34-19(29)7-4-13-2-5-15(28)6-3-13)8-16-14(9-26)11-33-24(20(12)16)36-25-23(32)22(31)21(30)18(10-27)35-25/h2-7,9,11-12,16-18,20-25,27-28,30-32H,8,10H2,1H3/t12-,16+,17-,18+,20+,21+,22-,23+,24-,25-/m0/s1. The molecular weight excluding hydrogens is 476 g/mol. The third-order valence-electron chi connectivity index (χ3n) is 7.05. The third kappa shape index (κ3) is 5.31. The number of phenolic OH excluding ortho intramolecular Hbond substituents is 1. The molecule has 1 aromatic carbocycles. The van der Waals surface area contributed by atoms with Gasteiger partial charge in [0, 0.05) is 29.4 Å². The molecule has 36 heavy (non-hydrogen) atoms. The third-order valence-corrected chi connectivity index (χ3v) is 7.05. The molecule has 1 saturated heterocycles. The normalized spacial score (nSPS) is 38.2. The van der Waals surface area contributed by atoms with Crippen LogP contribution in [0.2, 0.25) is 0 Å². The monoisotopic (exact) mass is 506 g/mol. The molecule has 11 heteroatoms. The number of carbonyl (C=O) groups is 2. The first-order chi connectivity index (χ1) is 17.2. The summed E-state index contributed by atoms with van der Waals surface area (Å²) in [7, 11) is 0. The molecule has 0 radical (unpaired) electrons. The Morgan fingerprint density at radius 2 is 1.83 bits per heavy atom. The number of allylic oxidation sites excluding steroid dienone is 1. The van der Waals surface area contributed by atoms with E-state index in [1.165, 1.54) is 24.5 Å². The lowest BCUT2D eigenvalue weighted by Gasteiger charge is -2.43. The van der Waals surface area contributed by atoms with Crippen molar-refractivity contribution in [3.63, 3.8) is 0 Å². The Bertz CT molecular complexity index is 988. The zero-order chi connectivity index (χ0) is 26.0. The number of benzene rings is 1. The van der Waals surface area contributed by atoms with Gasteiger partial charge in [-0.05, 0) is 30.2 Å². The molecule has 4 rings (SSSR count). The summed E-state index contributed by atoms with van der Waals surface area (Å²) in [5.41, 5.74) is 1.07. The maximum absolute atomic E-state index is 12.5. The van der Waals surface area contributed by atoms with E-state index in [0.29, 0.717) is 23.8 Å². The fraction of sp³-hybridized carbons (Fsp3) is 0.520. The van der Waals surface area contributed by atoms with Gasteiger partial charge in [0.1, 0.15) is 42.6 Å². The predicted octanol–water partition coefficient (Wildman–Crippen LogP) is -0.155. The molecule has 1 aromatic rings. The number of aliphatic hydroxyl groups excluding tert-OH is 4. The van der Waals surface area contributed by atoms with Crippen LogP contribution < -0.4 is 0 Å². The first-order valence-electron chi connectivity index (χ1n) is 11.7. The van der Waals surface area contributed by atoms with Crippen molar-refractivity contribution in [1.29, 1.82) is 0 Å². The number of hydrogen-bond acceptors (Lipinski definition) is 11. The van der Waals surface area contributed by atoms with Crippen LogP contribution in [0.3, 0.4) is 0 Å². The summed E-state index contributed by atoms with van der Waals surface area (Å²) in [6.45, 7) is 1.22. The van der Waals surface area contributed by atoms with Gasteiger partial charge in [-0.2, -0.15) is 0 Å². The van der Waals surface area contributed by atoms with Gasteiger partial charge in [0.2, 0.25) is 6.29 Å². The van der Waals surface area contributed by atoms with E-state index < -0.39 is 61.6 Å². The van der Waals surface area contributed by atoms with Gasteiger partial charge in [-0.25, -0.2) is 4.79 Å². The molecule has 196 valence electrons.